The fourth-order valence-corrected chi connectivity index (χ4v) is 1.22. The lowest BCUT2D eigenvalue weighted by molar-refractivity contribution is -0.384. The van der Waals surface area contributed by atoms with Gasteiger partial charge in [-0.15, -0.1) is 0 Å². The first-order valence-electron chi connectivity index (χ1n) is 4.73. The Morgan fingerprint density at radius 3 is 2.75 bits per heavy atom. The molecule has 1 aromatic carbocycles. The van der Waals surface area contributed by atoms with Gasteiger partial charge in [0, 0.05) is 6.07 Å². The molecule has 0 aromatic heterocycles. The van der Waals surface area contributed by atoms with E-state index in [9.17, 15) is 14.9 Å². The second kappa shape index (κ2) is 5.06. The summed E-state index contributed by atoms with van der Waals surface area (Å²) < 4.78 is 0. The topological polar surface area (TPSA) is 72.2 Å². The van der Waals surface area contributed by atoms with Gasteiger partial charge in [0.15, 0.2) is 0 Å². The summed E-state index contributed by atoms with van der Waals surface area (Å²) in [5.74, 6) is -0.380. The van der Waals surface area contributed by atoms with E-state index in [0.29, 0.717) is 0 Å². The molecule has 5 heteroatoms. The molecule has 0 fully saturated rings. The summed E-state index contributed by atoms with van der Waals surface area (Å²) in [5, 5.41) is 13.2. The normalized spacial score (nSPS) is 10.4. The van der Waals surface area contributed by atoms with Crippen LogP contribution in [0.5, 0.6) is 0 Å². The third-order valence-corrected chi connectivity index (χ3v) is 1.93. The van der Waals surface area contributed by atoms with E-state index in [-0.39, 0.29) is 17.3 Å². The lowest BCUT2D eigenvalue weighted by atomic mass is 10.2. The SMILES string of the molecule is CC=CC(=O)Nc1ccc(C)cc1[N+](=O)[O-]. The summed E-state index contributed by atoms with van der Waals surface area (Å²) in [6.45, 7) is 3.45. The molecule has 0 aliphatic heterocycles. The molecule has 0 aliphatic rings. The van der Waals surface area contributed by atoms with Gasteiger partial charge in [-0.3, -0.25) is 14.9 Å². The van der Waals surface area contributed by atoms with Gasteiger partial charge in [-0.2, -0.15) is 0 Å². The zero-order chi connectivity index (χ0) is 12.1. The molecule has 0 spiro atoms. The van der Waals surface area contributed by atoms with E-state index in [1.165, 1.54) is 18.2 Å². The lowest BCUT2D eigenvalue weighted by Gasteiger charge is -2.04. The number of benzene rings is 1. The summed E-state index contributed by atoms with van der Waals surface area (Å²) in [6.07, 6.45) is 2.87. The zero-order valence-corrected chi connectivity index (χ0v) is 9.06. The summed E-state index contributed by atoms with van der Waals surface area (Å²) in [7, 11) is 0. The third-order valence-electron chi connectivity index (χ3n) is 1.93. The van der Waals surface area contributed by atoms with Crippen LogP contribution in [0.4, 0.5) is 11.4 Å². The van der Waals surface area contributed by atoms with Crippen molar-refractivity contribution < 1.29 is 9.72 Å². The van der Waals surface area contributed by atoms with Gasteiger partial charge in [0.05, 0.1) is 4.92 Å². The molecule has 0 aliphatic carbocycles. The van der Waals surface area contributed by atoms with E-state index in [0.717, 1.165) is 5.56 Å². The van der Waals surface area contributed by atoms with Crippen LogP contribution in [0.15, 0.2) is 30.4 Å². The standard InChI is InChI=1S/C11H12N2O3/c1-3-4-11(14)12-9-6-5-8(2)7-10(9)13(15)16/h3-7H,1-2H3,(H,12,14). The zero-order valence-electron chi connectivity index (χ0n) is 9.06. The Bertz CT molecular complexity index is 453. The van der Waals surface area contributed by atoms with Crippen molar-refractivity contribution in [2.45, 2.75) is 13.8 Å². The molecule has 0 heterocycles. The first-order chi connectivity index (χ1) is 7.54. The molecule has 1 amide bonds. The predicted molar refractivity (Wildman–Crippen MR) is 61.3 cm³/mol. The summed E-state index contributed by atoms with van der Waals surface area (Å²) in [5.41, 5.74) is 0.882. The molecule has 16 heavy (non-hydrogen) atoms. The van der Waals surface area contributed by atoms with Crippen molar-refractivity contribution in [3.8, 4) is 0 Å². The van der Waals surface area contributed by atoms with Crippen molar-refractivity contribution in [3.05, 3.63) is 46.0 Å². The van der Waals surface area contributed by atoms with Gasteiger partial charge < -0.3 is 5.32 Å². The average Bonchev–Trinajstić information content (AvgIpc) is 2.20. The molecular formula is C11H12N2O3. The first kappa shape index (κ1) is 11.9. The molecule has 0 unspecified atom stereocenters. The largest absolute Gasteiger partial charge is 0.317 e. The second-order valence-electron chi connectivity index (χ2n) is 3.27. The van der Waals surface area contributed by atoms with E-state index in [2.05, 4.69) is 5.32 Å². The predicted octanol–water partition coefficient (Wildman–Crippen LogP) is 2.42. The molecule has 5 nitrogen and oxygen atoms in total. The number of amides is 1. The van der Waals surface area contributed by atoms with Crippen LogP contribution in [-0.2, 0) is 4.79 Å². The number of nitrogens with zero attached hydrogens (tertiary/aromatic N) is 1. The maximum atomic E-state index is 11.3. The molecule has 0 saturated carbocycles. The van der Waals surface area contributed by atoms with Crippen molar-refractivity contribution in [2.24, 2.45) is 0 Å². The van der Waals surface area contributed by atoms with E-state index in [1.807, 2.05) is 0 Å². The molecule has 1 N–H and O–H groups in total. The highest BCUT2D eigenvalue weighted by atomic mass is 16.6. The van der Waals surface area contributed by atoms with E-state index in [1.54, 1.807) is 26.0 Å². The van der Waals surface area contributed by atoms with Gasteiger partial charge in [-0.25, -0.2) is 0 Å². The van der Waals surface area contributed by atoms with E-state index < -0.39 is 4.92 Å². The number of nitro benzene ring substituents is 1. The Hall–Kier alpha value is -2.17. The van der Waals surface area contributed by atoms with Gasteiger partial charge in [-0.1, -0.05) is 12.1 Å². The minimum Gasteiger partial charge on any atom is -0.317 e. The van der Waals surface area contributed by atoms with Crippen LogP contribution in [0.3, 0.4) is 0 Å². The Morgan fingerprint density at radius 2 is 2.19 bits per heavy atom. The van der Waals surface area contributed by atoms with E-state index >= 15 is 0 Å². The fourth-order valence-electron chi connectivity index (χ4n) is 1.22. The van der Waals surface area contributed by atoms with Gasteiger partial charge in [-0.05, 0) is 31.6 Å². The van der Waals surface area contributed by atoms with Crippen LogP contribution < -0.4 is 5.32 Å². The van der Waals surface area contributed by atoms with Crippen LogP contribution in [-0.4, -0.2) is 10.8 Å². The number of nitro groups is 1. The van der Waals surface area contributed by atoms with Gasteiger partial charge in [0.2, 0.25) is 5.91 Å². The molecular weight excluding hydrogens is 208 g/mol. The first-order valence-corrected chi connectivity index (χ1v) is 4.73. The number of carbonyl (C=O) groups is 1. The third kappa shape index (κ3) is 2.91. The number of carbonyl (C=O) groups excluding carboxylic acids is 1. The maximum Gasteiger partial charge on any atom is 0.293 e. The average molecular weight is 220 g/mol. The molecule has 0 radical (unpaired) electrons. The summed E-state index contributed by atoms with van der Waals surface area (Å²) >= 11 is 0. The van der Waals surface area contributed by atoms with Crippen LogP contribution in [0.2, 0.25) is 0 Å². The quantitative estimate of drug-likeness (QED) is 0.483. The van der Waals surface area contributed by atoms with Gasteiger partial charge in [0.1, 0.15) is 5.69 Å². The molecule has 0 atom stereocenters. The van der Waals surface area contributed by atoms with Crippen LogP contribution in [0, 0.1) is 17.0 Å². The fraction of sp³-hybridized carbons (Fsp3) is 0.182. The number of allylic oxidation sites excluding steroid dienone is 1. The highest BCUT2D eigenvalue weighted by Gasteiger charge is 2.14. The number of hydrogen-bond donors (Lipinski definition) is 1. The Balaban J connectivity index is 3.04. The minimum atomic E-state index is -0.516. The van der Waals surface area contributed by atoms with Crippen molar-refractivity contribution in [3.63, 3.8) is 0 Å². The highest BCUT2D eigenvalue weighted by molar-refractivity contribution is 6.00. The summed E-state index contributed by atoms with van der Waals surface area (Å²) in [6, 6.07) is 4.65. The van der Waals surface area contributed by atoms with Crippen molar-refractivity contribution in [1.82, 2.24) is 0 Å². The summed E-state index contributed by atoms with van der Waals surface area (Å²) in [4.78, 5) is 21.5. The van der Waals surface area contributed by atoms with Crippen molar-refractivity contribution in [2.75, 3.05) is 5.32 Å². The second-order valence-corrected chi connectivity index (χ2v) is 3.27. The van der Waals surface area contributed by atoms with Crippen LogP contribution in [0.1, 0.15) is 12.5 Å². The molecule has 0 bridgehead atoms. The molecule has 1 aromatic rings. The number of hydrogen-bond acceptors (Lipinski definition) is 3. The minimum absolute atomic E-state index is 0.0992. The van der Waals surface area contributed by atoms with Crippen LogP contribution in [0.25, 0.3) is 0 Å². The van der Waals surface area contributed by atoms with Gasteiger partial charge in [0.25, 0.3) is 5.69 Å². The maximum absolute atomic E-state index is 11.3. The monoisotopic (exact) mass is 220 g/mol. The van der Waals surface area contributed by atoms with Crippen molar-refractivity contribution >= 4 is 17.3 Å². The molecule has 84 valence electrons. The molecule has 0 saturated heterocycles. The van der Waals surface area contributed by atoms with Crippen molar-refractivity contribution in [1.29, 1.82) is 0 Å². The number of anilines is 1. The lowest BCUT2D eigenvalue weighted by Crippen LogP contribution is -2.09. The Labute approximate surface area is 92.9 Å². The number of rotatable bonds is 3. The smallest absolute Gasteiger partial charge is 0.293 e. The molecule has 1 rings (SSSR count). The Morgan fingerprint density at radius 1 is 1.50 bits per heavy atom. The number of aryl methyl sites for hydroxylation is 1. The van der Waals surface area contributed by atoms with Crippen LogP contribution >= 0.6 is 0 Å². The number of nitrogens with one attached hydrogen (secondary N) is 1. The highest BCUT2D eigenvalue weighted by Crippen LogP contribution is 2.25. The van der Waals surface area contributed by atoms with Gasteiger partial charge >= 0.3 is 0 Å². The Kier molecular flexibility index (Phi) is 3.77. The van der Waals surface area contributed by atoms with E-state index in [4.69, 9.17) is 0 Å².